The largest absolute Gasteiger partial charge is 0.488 e. The number of nitrogens with one attached hydrogen (secondary N) is 1. The van der Waals surface area contributed by atoms with Gasteiger partial charge in [-0.05, 0) is 61.4 Å². The summed E-state index contributed by atoms with van der Waals surface area (Å²) in [7, 11) is 1.85. The second kappa shape index (κ2) is 11.5. The number of carbonyl (C=O) groups excluding carboxylic acids is 2. The van der Waals surface area contributed by atoms with Crippen LogP contribution in [-0.4, -0.2) is 46.2 Å². The van der Waals surface area contributed by atoms with E-state index >= 15 is 0 Å². The molecule has 1 N–H and O–H groups in total. The molecule has 37 heavy (non-hydrogen) atoms. The lowest BCUT2D eigenvalue weighted by atomic mass is 9.89. The highest BCUT2D eigenvalue weighted by molar-refractivity contribution is 6.04. The maximum atomic E-state index is 14.6. The lowest BCUT2D eigenvalue weighted by Crippen LogP contribution is -2.38. The number of hydrogen-bond acceptors (Lipinski definition) is 4. The topological polar surface area (TPSA) is 76.5 Å². The maximum absolute atomic E-state index is 14.6. The molecule has 0 unspecified atom stereocenters. The van der Waals surface area contributed by atoms with E-state index in [0.29, 0.717) is 37.7 Å². The van der Waals surface area contributed by atoms with E-state index in [0.717, 1.165) is 24.0 Å². The number of amides is 2. The number of anilines is 1. The Morgan fingerprint density at radius 3 is 2.43 bits per heavy atom. The number of benzene rings is 2. The van der Waals surface area contributed by atoms with E-state index in [1.165, 1.54) is 6.92 Å². The van der Waals surface area contributed by atoms with E-state index in [2.05, 4.69) is 10.4 Å². The third-order valence-electron chi connectivity index (χ3n) is 6.52. The molecular weight excluding hydrogens is 485 g/mol. The first-order valence-corrected chi connectivity index (χ1v) is 12.2. The minimum atomic E-state index is -1.47. The van der Waals surface area contributed by atoms with Crippen molar-refractivity contribution in [3.8, 4) is 5.75 Å². The van der Waals surface area contributed by atoms with E-state index in [1.807, 2.05) is 30.3 Å². The van der Waals surface area contributed by atoms with Gasteiger partial charge in [0.2, 0.25) is 11.7 Å². The summed E-state index contributed by atoms with van der Waals surface area (Å²) >= 11 is 0. The molecule has 0 bridgehead atoms. The molecule has 0 atom stereocenters. The van der Waals surface area contributed by atoms with Crippen molar-refractivity contribution in [1.29, 1.82) is 0 Å². The smallest absolute Gasteiger partial charge is 0.258 e. The first-order chi connectivity index (χ1) is 17.8. The second-order valence-electron chi connectivity index (χ2n) is 9.05. The summed E-state index contributed by atoms with van der Waals surface area (Å²) in [5, 5.41) is 6.64. The number of ether oxygens (including phenoxy) is 1. The van der Waals surface area contributed by atoms with Gasteiger partial charge in [-0.1, -0.05) is 12.1 Å². The number of aromatic nitrogens is 2. The second-order valence-corrected chi connectivity index (χ2v) is 9.05. The van der Waals surface area contributed by atoms with Gasteiger partial charge in [-0.15, -0.1) is 0 Å². The number of aryl methyl sites for hydroxylation is 2. The molecule has 0 radical (unpaired) electrons. The summed E-state index contributed by atoms with van der Waals surface area (Å²) in [5.74, 6) is -5.51. The van der Waals surface area contributed by atoms with Crippen LogP contribution >= 0.6 is 0 Å². The number of halogens is 3. The van der Waals surface area contributed by atoms with E-state index in [-0.39, 0.29) is 18.4 Å². The zero-order valence-corrected chi connectivity index (χ0v) is 20.8. The monoisotopic (exact) mass is 514 g/mol. The molecule has 1 saturated heterocycles. The lowest BCUT2D eigenvalue weighted by Gasteiger charge is -2.32. The number of nitrogens with zero attached hydrogens (tertiary/aromatic N) is 3. The average Bonchev–Trinajstić information content (AvgIpc) is 3.32. The van der Waals surface area contributed by atoms with Crippen LogP contribution in [0.3, 0.4) is 0 Å². The van der Waals surface area contributed by atoms with Crippen LogP contribution in [0.5, 0.6) is 5.75 Å². The number of likely N-dealkylation sites (tertiary alicyclic amines) is 1. The molecule has 0 aliphatic carbocycles. The summed E-state index contributed by atoms with van der Waals surface area (Å²) in [6.45, 7) is 2.76. The standard InChI is InChI=1S/C27H29F3N4O3/c1-3-37-26-24(29)21(14-22(28)25(26)30)27(36)32-20-7-5-18(6-8-20)19-10-12-34(13-11-19)23(35)9-4-17-15-31-33(2)16-17/h5-8,14-16,19H,3-4,9-13H2,1-2H3,(H,32,36). The Kier molecular flexibility index (Phi) is 8.15. The van der Waals surface area contributed by atoms with Crippen molar-refractivity contribution in [3.63, 3.8) is 0 Å². The van der Waals surface area contributed by atoms with Gasteiger partial charge in [-0.25, -0.2) is 8.78 Å². The molecule has 2 amide bonds. The first-order valence-electron chi connectivity index (χ1n) is 12.2. The average molecular weight is 515 g/mol. The molecule has 7 nitrogen and oxygen atoms in total. The molecule has 1 aliphatic heterocycles. The summed E-state index contributed by atoms with van der Waals surface area (Å²) in [6.07, 6.45) is 6.46. The Labute approximate surface area is 213 Å². The normalized spacial score (nSPS) is 14.0. The van der Waals surface area contributed by atoms with Crippen molar-refractivity contribution in [3.05, 3.63) is 76.9 Å². The van der Waals surface area contributed by atoms with E-state index < -0.39 is 34.7 Å². The third kappa shape index (κ3) is 6.12. The zero-order valence-electron chi connectivity index (χ0n) is 20.8. The van der Waals surface area contributed by atoms with E-state index in [4.69, 9.17) is 4.74 Å². The van der Waals surface area contributed by atoms with Gasteiger partial charge in [0.15, 0.2) is 17.4 Å². The summed E-state index contributed by atoms with van der Waals surface area (Å²) in [6, 6.07) is 7.61. The molecule has 10 heteroatoms. The van der Waals surface area contributed by atoms with Crippen LogP contribution in [0, 0.1) is 17.5 Å². The van der Waals surface area contributed by atoms with Crippen molar-refractivity contribution < 1.29 is 27.5 Å². The Morgan fingerprint density at radius 2 is 1.81 bits per heavy atom. The van der Waals surface area contributed by atoms with Crippen molar-refractivity contribution in [2.45, 2.75) is 38.5 Å². The molecule has 0 saturated carbocycles. The molecule has 1 fully saturated rings. The van der Waals surface area contributed by atoms with Crippen molar-refractivity contribution in [2.75, 3.05) is 25.0 Å². The highest BCUT2D eigenvalue weighted by atomic mass is 19.2. The minimum Gasteiger partial charge on any atom is -0.488 e. The predicted molar refractivity (Wildman–Crippen MR) is 132 cm³/mol. The minimum absolute atomic E-state index is 0.0850. The zero-order chi connectivity index (χ0) is 26.5. The highest BCUT2D eigenvalue weighted by Crippen LogP contribution is 2.30. The molecular formula is C27H29F3N4O3. The third-order valence-corrected chi connectivity index (χ3v) is 6.52. The van der Waals surface area contributed by atoms with Crippen LogP contribution in [0.2, 0.25) is 0 Å². The summed E-state index contributed by atoms with van der Waals surface area (Å²) < 4.78 is 48.8. The van der Waals surface area contributed by atoms with E-state index in [1.54, 1.807) is 23.0 Å². The van der Waals surface area contributed by atoms with Crippen molar-refractivity contribution in [2.24, 2.45) is 7.05 Å². The first kappa shape index (κ1) is 26.2. The molecule has 0 spiro atoms. The number of carbonyl (C=O) groups is 2. The van der Waals surface area contributed by atoms with Crippen LogP contribution in [0.1, 0.15) is 53.6 Å². The molecule has 1 aromatic heterocycles. The summed E-state index contributed by atoms with van der Waals surface area (Å²) in [4.78, 5) is 27.0. The van der Waals surface area contributed by atoms with Crippen LogP contribution in [0.15, 0.2) is 42.7 Å². The fourth-order valence-corrected chi connectivity index (χ4v) is 4.53. The molecule has 2 heterocycles. The number of hydrogen-bond donors (Lipinski definition) is 1. The fourth-order valence-electron chi connectivity index (χ4n) is 4.53. The Balaban J connectivity index is 1.32. The quantitative estimate of drug-likeness (QED) is 0.437. The molecule has 3 aromatic rings. The van der Waals surface area contributed by atoms with Crippen molar-refractivity contribution in [1.82, 2.24) is 14.7 Å². The summed E-state index contributed by atoms with van der Waals surface area (Å²) in [5.41, 5.74) is 1.85. The number of piperidine rings is 1. The van der Waals surface area contributed by atoms with Gasteiger partial charge in [0, 0.05) is 38.4 Å². The van der Waals surface area contributed by atoms with Gasteiger partial charge in [0.25, 0.3) is 5.91 Å². The van der Waals surface area contributed by atoms with Gasteiger partial charge in [-0.3, -0.25) is 14.3 Å². The van der Waals surface area contributed by atoms with Gasteiger partial charge < -0.3 is 15.0 Å². The Bertz CT molecular complexity index is 1270. The van der Waals surface area contributed by atoms with Gasteiger partial charge in [0.1, 0.15) is 0 Å². The maximum Gasteiger partial charge on any atom is 0.258 e. The SMILES string of the molecule is CCOc1c(F)c(F)cc(C(=O)Nc2ccc(C3CCN(C(=O)CCc4cnn(C)c4)CC3)cc2)c1F. The van der Waals surface area contributed by atoms with Gasteiger partial charge >= 0.3 is 0 Å². The molecule has 1 aliphatic rings. The fraction of sp³-hybridized carbons (Fsp3) is 0.370. The van der Waals surface area contributed by atoms with Crippen LogP contribution in [-0.2, 0) is 18.3 Å². The molecule has 196 valence electrons. The predicted octanol–water partition coefficient (Wildman–Crippen LogP) is 4.83. The van der Waals surface area contributed by atoms with E-state index in [9.17, 15) is 22.8 Å². The Morgan fingerprint density at radius 1 is 1.11 bits per heavy atom. The lowest BCUT2D eigenvalue weighted by molar-refractivity contribution is -0.132. The van der Waals surface area contributed by atoms with Crippen LogP contribution in [0.4, 0.5) is 18.9 Å². The Hall–Kier alpha value is -3.82. The van der Waals surface area contributed by atoms with Crippen LogP contribution in [0.25, 0.3) is 0 Å². The molecule has 2 aromatic carbocycles. The van der Waals surface area contributed by atoms with Crippen LogP contribution < -0.4 is 10.1 Å². The molecule has 4 rings (SSSR count). The van der Waals surface area contributed by atoms with Gasteiger partial charge in [0.05, 0.1) is 18.4 Å². The van der Waals surface area contributed by atoms with Gasteiger partial charge in [-0.2, -0.15) is 9.49 Å². The van der Waals surface area contributed by atoms with Crippen molar-refractivity contribution >= 4 is 17.5 Å². The highest BCUT2D eigenvalue weighted by Gasteiger charge is 2.25. The number of rotatable bonds is 8.